The molecule has 0 saturated carbocycles. The number of carboxylic acids is 1. The van der Waals surface area contributed by atoms with Gasteiger partial charge in [-0.25, -0.2) is 4.39 Å². The number of carbonyl (C=O) groups is 1. The van der Waals surface area contributed by atoms with Crippen LogP contribution >= 0.6 is 0 Å². The van der Waals surface area contributed by atoms with Crippen LogP contribution in [0, 0.1) is 5.82 Å². The number of aliphatic carboxylic acids is 1. The van der Waals surface area contributed by atoms with E-state index in [1.54, 1.807) is 19.1 Å². The third kappa shape index (κ3) is 2.88. The summed E-state index contributed by atoms with van der Waals surface area (Å²) in [5.74, 6) is -1.04. The summed E-state index contributed by atoms with van der Waals surface area (Å²) in [6.45, 7) is 4.39. The van der Waals surface area contributed by atoms with Crippen LogP contribution in [-0.2, 0) is 4.79 Å². The van der Waals surface area contributed by atoms with Crippen molar-refractivity contribution in [3.63, 3.8) is 0 Å². The number of hydrogen-bond donors (Lipinski definition) is 1. The SMILES string of the molecule is COc1ccc(C(C)N2CCCCC2(C)C(=O)O)cc1F. The first-order valence-electron chi connectivity index (χ1n) is 7.23. The number of hydrogen-bond acceptors (Lipinski definition) is 3. The van der Waals surface area contributed by atoms with Crippen LogP contribution in [0.2, 0.25) is 0 Å². The smallest absolute Gasteiger partial charge is 0.323 e. The molecule has 21 heavy (non-hydrogen) atoms. The zero-order chi connectivity index (χ0) is 15.6. The molecular formula is C16H22FNO3. The summed E-state index contributed by atoms with van der Waals surface area (Å²) in [5, 5.41) is 9.56. The topological polar surface area (TPSA) is 49.8 Å². The van der Waals surface area contributed by atoms with Gasteiger partial charge in [0.15, 0.2) is 11.6 Å². The predicted octanol–water partition coefficient (Wildman–Crippen LogP) is 3.22. The lowest BCUT2D eigenvalue weighted by molar-refractivity contribution is -0.155. The minimum atomic E-state index is -0.895. The highest BCUT2D eigenvalue weighted by Gasteiger charge is 2.43. The molecule has 1 fully saturated rings. The van der Waals surface area contributed by atoms with E-state index in [4.69, 9.17) is 4.74 Å². The maximum Gasteiger partial charge on any atom is 0.323 e. The van der Waals surface area contributed by atoms with E-state index < -0.39 is 17.3 Å². The van der Waals surface area contributed by atoms with Crippen molar-refractivity contribution in [3.05, 3.63) is 29.6 Å². The minimum Gasteiger partial charge on any atom is -0.494 e. The molecule has 1 heterocycles. The molecule has 1 aliphatic heterocycles. The Hall–Kier alpha value is -1.62. The highest BCUT2D eigenvalue weighted by molar-refractivity contribution is 5.78. The van der Waals surface area contributed by atoms with E-state index in [9.17, 15) is 14.3 Å². The summed E-state index contributed by atoms with van der Waals surface area (Å²) in [6.07, 6.45) is 2.49. The van der Waals surface area contributed by atoms with Gasteiger partial charge in [-0.15, -0.1) is 0 Å². The summed E-state index contributed by atoms with van der Waals surface area (Å²) < 4.78 is 18.8. The highest BCUT2D eigenvalue weighted by atomic mass is 19.1. The van der Waals surface area contributed by atoms with Gasteiger partial charge in [0.1, 0.15) is 5.54 Å². The molecule has 2 unspecified atom stereocenters. The van der Waals surface area contributed by atoms with Gasteiger partial charge < -0.3 is 9.84 Å². The molecule has 1 aliphatic rings. The lowest BCUT2D eigenvalue weighted by Gasteiger charge is -2.45. The van der Waals surface area contributed by atoms with E-state index in [2.05, 4.69) is 0 Å². The average Bonchev–Trinajstić information content (AvgIpc) is 2.46. The van der Waals surface area contributed by atoms with Gasteiger partial charge in [0.25, 0.3) is 0 Å². The first-order valence-corrected chi connectivity index (χ1v) is 7.23. The predicted molar refractivity (Wildman–Crippen MR) is 78.0 cm³/mol. The van der Waals surface area contributed by atoms with Crippen LogP contribution in [-0.4, -0.2) is 35.2 Å². The minimum absolute atomic E-state index is 0.160. The van der Waals surface area contributed by atoms with Crippen molar-refractivity contribution in [3.8, 4) is 5.75 Å². The van der Waals surface area contributed by atoms with Crippen molar-refractivity contribution < 1.29 is 19.0 Å². The number of ether oxygens (including phenoxy) is 1. The number of rotatable bonds is 4. The number of carboxylic acid groups (broad SMARTS) is 1. The largest absolute Gasteiger partial charge is 0.494 e. The standard InChI is InChI=1S/C16H22FNO3/c1-11(12-6-7-14(21-3)13(17)10-12)18-9-5-4-8-16(18,2)15(19)20/h6-7,10-11H,4-5,8-9H2,1-3H3,(H,19,20). The van der Waals surface area contributed by atoms with E-state index >= 15 is 0 Å². The fraction of sp³-hybridized carbons (Fsp3) is 0.562. The van der Waals surface area contributed by atoms with E-state index in [1.807, 2.05) is 11.8 Å². The van der Waals surface area contributed by atoms with Crippen molar-refractivity contribution in [1.82, 2.24) is 4.90 Å². The molecule has 0 radical (unpaired) electrons. The summed E-state index contributed by atoms with van der Waals surface area (Å²) in [7, 11) is 1.42. The highest BCUT2D eigenvalue weighted by Crippen LogP contribution is 2.36. The molecule has 4 nitrogen and oxygen atoms in total. The molecule has 5 heteroatoms. The third-order valence-electron chi connectivity index (χ3n) is 4.53. The molecule has 0 bridgehead atoms. The first kappa shape index (κ1) is 15.8. The van der Waals surface area contributed by atoms with Crippen LogP contribution in [0.25, 0.3) is 0 Å². The lowest BCUT2D eigenvalue weighted by Crippen LogP contribution is -2.55. The van der Waals surface area contributed by atoms with E-state index in [1.165, 1.54) is 13.2 Å². The van der Waals surface area contributed by atoms with E-state index in [0.29, 0.717) is 13.0 Å². The fourth-order valence-electron chi connectivity index (χ4n) is 3.12. The van der Waals surface area contributed by atoms with Gasteiger partial charge in [-0.3, -0.25) is 9.69 Å². The van der Waals surface area contributed by atoms with Crippen molar-refractivity contribution in [2.45, 2.75) is 44.7 Å². The maximum atomic E-state index is 13.9. The number of piperidine rings is 1. The van der Waals surface area contributed by atoms with E-state index in [-0.39, 0.29) is 11.8 Å². The van der Waals surface area contributed by atoms with Crippen LogP contribution in [0.5, 0.6) is 5.75 Å². The normalized spacial score (nSPS) is 24.6. The Bertz CT molecular complexity index is 534. The molecule has 1 N–H and O–H groups in total. The molecule has 1 aromatic rings. The monoisotopic (exact) mass is 295 g/mol. The third-order valence-corrected chi connectivity index (χ3v) is 4.53. The second kappa shape index (κ2) is 6.02. The molecule has 1 aromatic carbocycles. The van der Waals surface area contributed by atoms with Gasteiger partial charge in [0.05, 0.1) is 7.11 Å². The fourth-order valence-corrected chi connectivity index (χ4v) is 3.12. The van der Waals surface area contributed by atoms with Crippen molar-refractivity contribution in [2.24, 2.45) is 0 Å². The van der Waals surface area contributed by atoms with Crippen LogP contribution < -0.4 is 4.74 Å². The molecule has 2 atom stereocenters. The number of likely N-dealkylation sites (tertiary alicyclic amines) is 1. The Morgan fingerprint density at radius 1 is 1.48 bits per heavy atom. The van der Waals surface area contributed by atoms with E-state index in [0.717, 1.165) is 18.4 Å². The van der Waals surface area contributed by atoms with Gasteiger partial charge in [-0.1, -0.05) is 6.07 Å². The molecule has 1 saturated heterocycles. The Morgan fingerprint density at radius 3 is 2.76 bits per heavy atom. The summed E-state index contributed by atoms with van der Waals surface area (Å²) in [6, 6.07) is 4.65. The maximum absolute atomic E-state index is 13.9. The summed E-state index contributed by atoms with van der Waals surface area (Å²) in [4.78, 5) is 13.6. The zero-order valence-corrected chi connectivity index (χ0v) is 12.7. The Morgan fingerprint density at radius 2 is 2.19 bits per heavy atom. The van der Waals surface area contributed by atoms with Gasteiger partial charge >= 0.3 is 5.97 Å². The van der Waals surface area contributed by atoms with Crippen LogP contribution in [0.3, 0.4) is 0 Å². The number of methoxy groups -OCH3 is 1. The van der Waals surface area contributed by atoms with Gasteiger partial charge in [0, 0.05) is 6.04 Å². The molecule has 116 valence electrons. The van der Waals surface area contributed by atoms with Gasteiger partial charge in [-0.2, -0.15) is 0 Å². The lowest BCUT2D eigenvalue weighted by atomic mass is 9.86. The summed E-state index contributed by atoms with van der Waals surface area (Å²) in [5.41, 5.74) is -0.128. The molecule has 0 spiro atoms. The van der Waals surface area contributed by atoms with Gasteiger partial charge in [-0.05, 0) is 57.4 Å². The summed E-state index contributed by atoms with van der Waals surface area (Å²) >= 11 is 0. The Balaban J connectivity index is 2.31. The zero-order valence-electron chi connectivity index (χ0n) is 12.7. The second-order valence-corrected chi connectivity index (χ2v) is 5.80. The number of benzene rings is 1. The number of halogens is 1. The van der Waals surface area contributed by atoms with Crippen LogP contribution in [0.15, 0.2) is 18.2 Å². The quantitative estimate of drug-likeness (QED) is 0.926. The molecule has 2 rings (SSSR count). The van der Waals surface area contributed by atoms with Crippen LogP contribution in [0.4, 0.5) is 4.39 Å². The van der Waals surface area contributed by atoms with Crippen molar-refractivity contribution >= 4 is 5.97 Å². The van der Waals surface area contributed by atoms with Crippen molar-refractivity contribution in [2.75, 3.05) is 13.7 Å². The van der Waals surface area contributed by atoms with Crippen LogP contribution in [0.1, 0.15) is 44.7 Å². The molecule has 0 amide bonds. The van der Waals surface area contributed by atoms with Crippen molar-refractivity contribution in [1.29, 1.82) is 0 Å². The molecule has 0 aromatic heterocycles. The molecular weight excluding hydrogens is 273 g/mol. The van der Waals surface area contributed by atoms with Gasteiger partial charge in [0.2, 0.25) is 0 Å². The Labute approximate surface area is 124 Å². The Kier molecular flexibility index (Phi) is 4.52. The molecule has 0 aliphatic carbocycles. The number of nitrogens with zero attached hydrogens (tertiary/aromatic N) is 1. The second-order valence-electron chi connectivity index (χ2n) is 5.80. The first-order chi connectivity index (χ1) is 9.90. The average molecular weight is 295 g/mol.